The largest absolute Gasteiger partial charge is 0.478 e. The Balaban J connectivity index is 2.45. The molecule has 5 nitrogen and oxygen atoms in total. The van der Waals surface area contributed by atoms with Crippen LogP contribution in [0.3, 0.4) is 0 Å². The van der Waals surface area contributed by atoms with E-state index in [0.717, 1.165) is 0 Å². The molecule has 0 bridgehead atoms. The van der Waals surface area contributed by atoms with Crippen molar-refractivity contribution in [1.82, 2.24) is 9.78 Å². The summed E-state index contributed by atoms with van der Waals surface area (Å²) >= 11 is 0. The van der Waals surface area contributed by atoms with E-state index < -0.39 is 5.97 Å². The summed E-state index contributed by atoms with van der Waals surface area (Å²) in [6, 6.07) is 8.77. The quantitative estimate of drug-likeness (QED) is 0.925. The van der Waals surface area contributed by atoms with Gasteiger partial charge in [0, 0.05) is 18.3 Å². The Hall–Kier alpha value is -2.61. The molecule has 102 valence electrons. The van der Waals surface area contributed by atoms with Gasteiger partial charge in [-0.1, -0.05) is 26.0 Å². The maximum absolute atomic E-state index is 11.3. The molecule has 0 radical (unpaired) electrons. The Morgan fingerprint density at radius 2 is 2.05 bits per heavy atom. The third kappa shape index (κ3) is 2.86. The molecule has 0 amide bonds. The molecular weight excluding hydrogens is 254 g/mol. The lowest BCUT2D eigenvalue weighted by atomic mass is 10.1. The fraction of sp³-hybridized carbons (Fsp3) is 0.267. The summed E-state index contributed by atoms with van der Waals surface area (Å²) in [6.45, 7) is 4.75. The highest BCUT2D eigenvalue weighted by Crippen LogP contribution is 2.23. The van der Waals surface area contributed by atoms with Crippen molar-refractivity contribution in [2.75, 3.05) is 0 Å². The van der Waals surface area contributed by atoms with Gasteiger partial charge in [0.05, 0.1) is 11.6 Å². The number of carboxylic acid groups (broad SMARTS) is 1. The number of aromatic carboxylic acids is 1. The molecule has 0 fully saturated rings. The maximum atomic E-state index is 11.3. The molecule has 1 aromatic carbocycles. The molecule has 1 aromatic heterocycles. The summed E-state index contributed by atoms with van der Waals surface area (Å²) in [6.07, 6.45) is 1.55. The second kappa shape index (κ2) is 5.57. The highest BCUT2D eigenvalue weighted by molar-refractivity contribution is 5.94. The Morgan fingerprint density at radius 3 is 2.55 bits per heavy atom. The predicted octanol–water partition coefficient (Wildman–Crippen LogP) is 2.78. The second-order valence-electron chi connectivity index (χ2n) is 5.00. The van der Waals surface area contributed by atoms with Crippen LogP contribution in [-0.2, 0) is 6.54 Å². The normalized spacial score (nSPS) is 10.5. The van der Waals surface area contributed by atoms with Crippen molar-refractivity contribution in [2.24, 2.45) is 5.92 Å². The highest BCUT2D eigenvalue weighted by Gasteiger charge is 2.17. The number of hydrogen-bond donors (Lipinski definition) is 1. The number of aromatic nitrogens is 2. The standard InChI is InChI=1S/C15H15N3O2/c1-10(2)8-18-9-13(15(19)20)14(17-18)12-5-3-11(7-16)4-6-12/h3-6,9-10H,8H2,1-2H3,(H,19,20). The summed E-state index contributed by atoms with van der Waals surface area (Å²) in [7, 11) is 0. The van der Waals surface area contributed by atoms with Gasteiger partial charge in [0.1, 0.15) is 11.3 Å². The monoisotopic (exact) mass is 269 g/mol. The van der Waals surface area contributed by atoms with Gasteiger partial charge in [-0.25, -0.2) is 4.79 Å². The smallest absolute Gasteiger partial charge is 0.339 e. The van der Waals surface area contributed by atoms with E-state index in [1.165, 1.54) is 0 Å². The second-order valence-corrected chi connectivity index (χ2v) is 5.00. The lowest BCUT2D eigenvalue weighted by Crippen LogP contribution is -2.04. The molecule has 0 saturated heterocycles. The minimum atomic E-state index is -1.00. The number of benzene rings is 1. The first-order valence-electron chi connectivity index (χ1n) is 6.32. The lowest BCUT2D eigenvalue weighted by Gasteiger charge is -2.03. The third-order valence-electron chi connectivity index (χ3n) is 2.83. The topological polar surface area (TPSA) is 78.9 Å². The van der Waals surface area contributed by atoms with Crippen LogP contribution < -0.4 is 0 Å². The van der Waals surface area contributed by atoms with Crippen LogP contribution in [0.2, 0.25) is 0 Å². The van der Waals surface area contributed by atoms with E-state index >= 15 is 0 Å². The summed E-state index contributed by atoms with van der Waals surface area (Å²) in [5.41, 5.74) is 1.84. The highest BCUT2D eigenvalue weighted by atomic mass is 16.4. The number of hydrogen-bond acceptors (Lipinski definition) is 3. The average molecular weight is 269 g/mol. The van der Waals surface area contributed by atoms with Crippen LogP contribution in [0, 0.1) is 17.2 Å². The first-order valence-corrected chi connectivity index (χ1v) is 6.32. The zero-order valence-electron chi connectivity index (χ0n) is 11.4. The van der Waals surface area contributed by atoms with Gasteiger partial charge in [-0.05, 0) is 18.1 Å². The van der Waals surface area contributed by atoms with E-state index in [1.54, 1.807) is 35.1 Å². The fourth-order valence-electron chi connectivity index (χ4n) is 1.96. The van der Waals surface area contributed by atoms with Crippen LogP contribution in [0.5, 0.6) is 0 Å². The molecule has 0 aliphatic heterocycles. The van der Waals surface area contributed by atoms with Gasteiger partial charge in [-0.3, -0.25) is 4.68 Å². The summed E-state index contributed by atoms with van der Waals surface area (Å²) in [5, 5.41) is 22.4. The number of nitriles is 1. The van der Waals surface area contributed by atoms with Crippen LogP contribution in [0.1, 0.15) is 29.8 Å². The summed E-state index contributed by atoms with van der Waals surface area (Å²) < 4.78 is 1.65. The molecule has 2 aromatic rings. The molecule has 0 spiro atoms. The molecule has 0 atom stereocenters. The number of carbonyl (C=O) groups is 1. The predicted molar refractivity (Wildman–Crippen MR) is 74.2 cm³/mol. The van der Waals surface area contributed by atoms with Gasteiger partial charge in [0.25, 0.3) is 0 Å². The lowest BCUT2D eigenvalue weighted by molar-refractivity contribution is 0.0697. The number of carboxylic acids is 1. The molecule has 0 unspecified atom stereocenters. The molecule has 20 heavy (non-hydrogen) atoms. The van der Waals surface area contributed by atoms with Crippen molar-refractivity contribution >= 4 is 5.97 Å². The summed E-state index contributed by atoms with van der Waals surface area (Å²) in [4.78, 5) is 11.3. The minimum absolute atomic E-state index is 0.176. The van der Waals surface area contributed by atoms with Crippen LogP contribution >= 0.6 is 0 Å². The van der Waals surface area contributed by atoms with Crippen molar-refractivity contribution < 1.29 is 9.90 Å². The Morgan fingerprint density at radius 1 is 1.40 bits per heavy atom. The van der Waals surface area contributed by atoms with Crippen molar-refractivity contribution in [1.29, 1.82) is 5.26 Å². The maximum Gasteiger partial charge on any atom is 0.339 e. The van der Waals surface area contributed by atoms with E-state index in [4.69, 9.17) is 5.26 Å². The molecule has 1 heterocycles. The van der Waals surface area contributed by atoms with Crippen molar-refractivity contribution in [3.8, 4) is 17.3 Å². The zero-order valence-corrected chi connectivity index (χ0v) is 11.4. The molecule has 5 heteroatoms. The van der Waals surface area contributed by atoms with E-state index in [1.807, 2.05) is 19.9 Å². The summed E-state index contributed by atoms with van der Waals surface area (Å²) in [5.74, 6) is -0.621. The van der Waals surface area contributed by atoms with Crippen LogP contribution in [0.15, 0.2) is 30.5 Å². The molecule has 2 rings (SSSR count). The fourth-order valence-corrected chi connectivity index (χ4v) is 1.96. The van der Waals surface area contributed by atoms with Crippen molar-refractivity contribution in [3.63, 3.8) is 0 Å². The molecule has 1 N–H and O–H groups in total. The van der Waals surface area contributed by atoms with Gasteiger partial charge in [0.15, 0.2) is 0 Å². The average Bonchev–Trinajstić information content (AvgIpc) is 2.82. The van der Waals surface area contributed by atoms with Crippen molar-refractivity contribution in [2.45, 2.75) is 20.4 Å². The Labute approximate surface area is 117 Å². The number of rotatable bonds is 4. The number of nitrogens with zero attached hydrogens (tertiary/aromatic N) is 3. The van der Waals surface area contributed by atoms with Gasteiger partial charge in [-0.2, -0.15) is 10.4 Å². The Kier molecular flexibility index (Phi) is 3.85. The third-order valence-corrected chi connectivity index (χ3v) is 2.83. The van der Waals surface area contributed by atoms with E-state index in [2.05, 4.69) is 5.10 Å². The van der Waals surface area contributed by atoms with Gasteiger partial charge < -0.3 is 5.11 Å². The molecule has 0 aliphatic carbocycles. The Bertz CT molecular complexity index is 663. The van der Waals surface area contributed by atoms with E-state index in [9.17, 15) is 9.90 Å². The van der Waals surface area contributed by atoms with Crippen LogP contribution in [0.25, 0.3) is 11.3 Å². The molecule has 0 saturated carbocycles. The van der Waals surface area contributed by atoms with Crippen LogP contribution in [-0.4, -0.2) is 20.9 Å². The first kappa shape index (κ1) is 13.8. The molecular formula is C15H15N3O2. The van der Waals surface area contributed by atoms with E-state index in [0.29, 0.717) is 29.3 Å². The molecule has 0 aliphatic rings. The van der Waals surface area contributed by atoms with Crippen molar-refractivity contribution in [3.05, 3.63) is 41.6 Å². The van der Waals surface area contributed by atoms with Gasteiger partial charge >= 0.3 is 5.97 Å². The SMILES string of the molecule is CC(C)Cn1cc(C(=O)O)c(-c2ccc(C#N)cc2)n1. The first-order chi connectivity index (χ1) is 9.51. The zero-order chi connectivity index (χ0) is 14.7. The minimum Gasteiger partial charge on any atom is -0.478 e. The van der Waals surface area contributed by atoms with E-state index in [-0.39, 0.29) is 5.56 Å². The van der Waals surface area contributed by atoms with Gasteiger partial charge in [-0.15, -0.1) is 0 Å². The van der Waals surface area contributed by atoms with Crippen LogP contribution in [0.4, 0.5) is 0 Å². The van der Waals surface area contributed by atoms with Gasteiger partial charge in [0.2, 0.25) is 0 Å².